The number of hydrazine groups is 1. The molecule has 7 heteroatoms. The molecule has 1 saturated heterocycles. The fraction of sp³-hybridized carbons (Fsp3) is 0.120. The number of amides is 2. The van der Waals surface area contributed by atoms with Gasteiger partial charge in [-0.05, 0) is 55.5 Å². The summed E-state index contributed by atoms with van der Waals surface area (Å²) in [6.45, 7) is 2.63. The third-order valence-corrected chi connectivity index (χ3v) is 5.04. The van der Waals surface area contributed by atoms with Gasteiger partial charge >= 0.3 is 0 Å². The highest BCUT2D eigenvalue weighted by molar-refractivity contribution is 6.32. The molecule has 2 amide bonds. The van der Waals surface area contributed by atoms with E-state index in [1.54, 1.807) is 42.5 Å². The number of nitrogens with zero attached hydrogens (tertiary/aromatic N) is 1. The number of halogens is 1. The lowest BCUT2D eigenvalue weighted by atomic mass is 10.1. The summed E-state index contributed by atoms with van der Waals surface area (Å²) in [5, 5.41) is 1.68. The number of nitrogens with one attached hydrogen (secondary N) is 1. The molecule has 0 aliphatic carbocycles. The average Bonchev–Trinajstić information content (AvgIpc) is 3.08. The molecule has 0 atom stereocenters. The van der Waals surface area contributed by atoms with Crippen LogP contribution < -0.4 is 19.9 Å². The zero-order valence-corrected chi connectivity index (χ0v) is 18.1. The van der Waals surface area contributed by atoms with E-state index < -0.39 is 11.8 Å². The van der Waals surface area contributed by atoms with Crippen molar-refractivity contribution in [2.75, 3.05) is 18.2 Å². The molecule has 3 aromatic rings. The second-order valence-electron chi connectivity index (χ2n) is 7.17. The number of benzene rings is 3. The van der Waals surface area contributed by atoms with Crippen molar-refractivity contribution < 1.29 is 19.1 Å². The Morgan fingerprint density at radius 1 is 0.938 bits per heavy atom. The van der Waals surface area contributed by atoms with Gasteiger partial charge in [-0.15, -0.1) is 0 Å². The van der Waals surface area contributed by atoms with E-state index in [2.05, 4.69) is 5.43 Å². The Morgan fingerprint density at radius 2 is 1.66 bits per heavy atom. The standard InChI is InChI=1S/C25H21ClN2O4/c1-17-7-10-21(11-8-17)31-13-14-32-23-12-9-19(26)15-18(23)16-22-24(29)27-28(25(22)30)20-5-3-2-4-6-20/h2-12,15-16H,13-14H2,1H3,(H,27,29)/b22-16-. The molecule has 0 aromatic heterocycles. The van der Waals surface area contributed by atoms with E-state index in [-0.39, 0.29) is 12.2 Å². The van der Waals surface area contributed by atoms with Gasteiger partial charge in [0, 0.05) is 10.6 Å². The van der Waals surface area contributed by atoms with Crippen LogP contribution >= 0.6 is 11.6 Å². The average molecular weight is 449 g/mol. The number of aryl methyl sites for hydroxylation is 1. The van der Waals surface area contributed by atoms with E-state index in [0.717, 1.165) is 11.3 Å². The molecule has 1 fully saturated rings. The van der Waals surface area contributed by atoms with Gasteiger partial charge in [0.2, 0.25) is 0 Å². The molecule has 0 bridgehead atoms. The van der Waals surface area contributed by atoms with Crippen LogP contribution in [0.2, 0.25) is 5.02 Å². The Hall–Kier alpha value is -3.77. The number of rotatable bonds is 7. The molecule has 1 heterocycles. The van der Waals surface area contributed by atoms with Crippen LogP contribution in [0.3, 0.4) is 0 Å². The lowest BCUT2D eigenvalue weighted by Gasteiger charge is -2.14. The quantitative estimate of drug-likeness (QED) is 0.326. The zero-order chi connectivity index (χ0) is 22.5. The number of carbonyl (C=O) groups is 2. The van der Waals surface area contributed by atoms with Crippen molar-refractivity contribution in [3.63, 3.8) is 0 Å². The van der Waals surface area contributed by atoms with E-state index in [1.807, 2.05) is 37.3 Å². The first-order valence-corrected chi connectivity index (χ1v) is 10.4. The van der Waals surface area contributed by atoms with Crippen LogP contribution in [0, 0.1) is 6.92 Å². The maximum absolute atomic E-state index is 12.8. The van der Waals surface area contributed by atoms with Gasteiger partial charge in [-0.3, -0.25) is 15.0 Å². The van der Waals surface area contributed by atoms with E-state index >= 15 is 0 Å². The minimum Gasteiger partial charge on any atom is -0.490 e. The van der Waals surface area contributed by atoms with Crippen molar-refractivity contribution in [1.29, 1.82) is 0 Å². The number of para-hydroxylation sites is 1. The SMILES string of the molecule is Cc1ccc(OCCOc2ccc(Cl)cc2/C=C2/C(=O)NN(c3ccccc3)C2=O)cc1. The highest BCUT2D eigenvalue weighted by Gasteiger charge is 2.34. The third-order valence-electron chi connectivity index (χ3n) is 4.81. The normalized spacial score (nSPS) is 14.6. The van der Waals surface area contributed by atoms with Gasteiger partial charge in [0.25, 0.3) is 11.8 Å². The topological polar surface area (TPSA) is 67.9 Å². The predicted molar refractivity (Wildman–Crippen MR) is 124 cm³/mol. The molecule has 32 heavy (non-hydrogen) atoms. The highest BCUT2D eigenvalue weighted by Crippen LogP contribution is 2.28. The Balaban J connectivity index is 1.48. The van der Waals surface area contributed by atoms with Crippen LogP contribution in [-0.4, -0.2) is 25.0 Å². The fourth-order valence-electron chi connectivity index (χ4n) is 3.18. The molecular formula is C25H21ClN2O4. The summed E-state index contributed by atoms with van der Waals surface area (Å²) < 4.78 is 11.5. The Labute approximate surface area is 191 Å². The van der Waals surface area contributed by atoms with Gasteiger partial charge in [0.05, 0.1) is 5.69 Å². The minimum absolute atomic E-state index is 0.00289. The molecule has 162 valence electrons. The van der Waals surface area contributed by atoms with Gasteiger partial charge < -0.3 is 9.47 Å². The summed E-state index contributed by atoms with van der Waals surface area (Å²) in [4.78, 5) is 25.3. The van der Waals surface area contributed by atoms with Crippen molar-refractivity contribution in [1.82, 2.24) is 5.43 Å². The second kappa shape index (κ2) is 9.58. The summed E-state index contributed by atoms with van der Waals surface area (Å²) in [5.41, 5.74) is 4.84. The minimum atomic E-state index is -0.493. The molecule has 0 radical (unpaired) electrons. The maximum Gasteiger partial charge on any atom is 0.282 e. The first-order chi connectivity index (χ1) is 15.5. The van der Waals surface area contributed by atoms with Crippen molar-refractivity contribution in [2.24, 2.45) is 0 Å². The predicted octanol–water partition coefficient (Wildman–Crippen LogP) is 4.57. The summed E-state index contributed by atoms with van der Waals surface area (Å²) in [7, 11) is 0. The summed E-state index contributed by atoms with van der Waals surface area (Å²) in [5.74, 6) is 0.308. The fourth-order valence-corrected chi connectivity index (χ4v) is 3.36. The number of hydrogen-bond acceptors (Lipinski definition) is 4. The monoisotopic (exact) mass is 448 g/mol. The molecule has 6 nitrogen and oxygen atoms in total. The van der Waals surface area contributed by atoms with Crippen molar-refractivity contribution in [3.8, 4) is 11.5 Å². The molecule has 1 N–H and O–H groups in total. The van der Waals surface area contributed by atoms with Gasteiger partial charge in [-0.1, -0.05) is 47.5 Å². The maximum atomic E-state index is 12.8. The molecule has 0 saturated carbocycles. The number of carbonyl (C=O) groups excluding carboxylic acids is 2. The van der Waals surface area contributed by atoms with E-state index in [0.29, 0.717) is 28.6 Å². The number of anilines is 1. The number of ether oxygens (including phenoxy) is 2. The molecule has 1 aliphatic heterocycles. The largest absolute Gasteiger partial charge is 0.490 e. The lowest BCUT2D eigenvalue weighted by molar-refractivity contribution is -0.117. The van der Waals surface area contributed by atoms with Crippen LogP contribution in [0.15, 0.2) is 78.4 Å². The van der Waals surface area contributed by atoms with Crippen molar-refractivity contribution >= 4 is 35.2 Å². The first kappa shape index (κ1) is 21.5. The van der Waals surface area contributed by atoms with Crippen LogP contribution in [-0.2, 0) is 9.59 Å². The molecule has 0 spiro atoms. The van der Waals surface area contributed by atoms with Gasteiger partial charge in [-0.25, -0.2) is 5.01 Å². The van der Waals surface area contributed by atoms with Gasteiger partial charge in [0.1, 0.15) is 30.3 Å². The van der Waals surface area contributed by atoms with E-state index in [4.69, 9.17) is 21.1 Å². The highest BCUT2D eigenvalue weighted by atomic mass is 35.5. The Kier molecular flexibility index (Phi) is 6.42. The first-order valence-electron chi connectivity index (χ1n) is 10.1. The summed E-state index contributed by atoms with van der Waals surface area (Å²) in [6, 6.07) is 21.7. The van der Waals surface area contributed by atoms with Crippen molar-refractivity contribution in [2.45, 2.75) is 6.92 Å². The number of hydrogen-bond donors (Lipinski definition) is 1. The summed E-state index contributed by atoms with van der Waals surface area (Å²) in [6.07, 6.45) is 1.49. The lowest BCUT2D eigenvalue weighted by Crippen LogP contribution is -2.35. The smallest absolute Gasteiger partial charge is 0.282 e. The van der Waals surface area contributed by atoms with E-state index in [1.165, 1.54) is 11.1 Å². The van der Waals surface area contributed by atoms with Crippen LogP contribution in [0.4, 0.5) is 5.69 Å². The van der Waals surface area contributed by atoms with Gasteiger partial charge in [0.15, 0.2) is 0 Å². The molecular weight excluding hydrogens is 428 g/mol. The third kappa shape index (κ3) is 4.92. The molecule has 4 rings (SSSR count). The van der Waals surface area contributed by atoms with Crippen LogP contribution in [0.1, 0.15) is 11.1 Å². The van der Waals surface area contributed by atoms with Crippen LogP contribution in [0.5, 0.6) is 11.5 Å². The molecule has 3 aromatic carbocycles. The van der Waals surface area contributed by atoms with Crippen molar-refractivity contribution in [3.05, 3.63) is 94.5 Å². The summed E-state index contributed by atoms with van der Waals surface area (Å²) >= 11 is 6.15. The Bertz CT molecular complexity index is 1160. The molecule has 1 aliphatic rings. The second-order valence-corrected chi connectivity index (χ2v) is 7.60. The van der Waals surface area contributed by atoms with E-state index in [9.17, 15) is 9.59 Å². The molecule has 0 unspecified atom stereocenters. The van der Waals surface area contributed by atoms with Gasteiger partial charge in [-0.2, -0.15) is 0 Å². The zero-order valence-electron chi connectivity index (χ0n) is 17.4. The van der Waals surface area contributed by atoms with Crippen LogP contribution in [0.25, 0.3) is 6.08 Å². The Morgan fingerprint density at radius 3 is 2.41 bits per heavy atom.